The molecule has 0 aliphatic rings. The van der Waals surface area contributed by atoms with Crippen LogP contribution in [0.25, 0.3) is 0 Å². The predicted molar refractivity (Wildman–Crippen MR) is 51.7 cm³/mol. The van der Waals surface area contributed by atoms with E-state index in [1.807, 2.05) is 12.1 Å². The molecule has 0 unspecified atom stereocenters. The van der Waals surface area contributed by atoms with Gasteiger partial charge in [-0.1, -0.05) is 6.07 Å². The van der Waals surface area contributed by atoms with Gasteiger partial charge >= 0.3 is 0 Å². The van der Waals surface area contributed by atoms with Crippen molar-refractivity contribution in [3.8, 4) is 11.5 Å². The molecule has 0 heterocycles. The molecule has 1 aromatic carbocycles. The Bertz CT molecular complexity index is 284. The van der Waals surface area contributed by atoms with Crippen LogP contribution in [-0.2, 0) is 0 Å². The maximum atomic E-state index is 5.14. The van der Waals surface area contributed by atoms with Gasteiger partial charge in [0.1, 0.15) is 0 Å². The monoisotopic (exact) mass is 229 g/mol. The standard InChI is InChI=1S/C9H10BrO2/c1-6-4-5-7(11-2)9(12-3)8(6)10/h4-5H,1H2,2-3H3. The van der Waals surface area contributed by atoms with Gasteiger partial charge < -0.3 is 9.47 Å². The summed E-state index contributed by atoms with van der Waals surface area (Å²) in [6.07, 6.45) is 0. The summed E-state index contributed by atoms with van der Waals surface area (Å²) in [7, 11) is 3.20. The van der Waals surface area contributed by atoms with E-state index in [0.29, 0.717) is 11.5 Å². The van der Waals surface area contributed by atoms with E-state index in [2.05, 4.69) is 22.9 Å². The zero-order valence-electron chi connectivity index (χ0n) is 7.06. The summed E-state index contributed by atoms with van der Waals surface area (Å²) in [5.41, 5.74) is 0.882. The van der Waals surface area contributed by atoms with Crippen molar-refractivity contribution in [2.24, 2.45) is 0 Å². The van der Waals surface area contributed by atoms with E-state index < -0.39 is 0 Å². The number of halogens is 1. The molecule has 0 saturated heterocycles. The molecule has 0 atom stereocenters. The van der Waals surface area contributed by atoms with Gasteiger partial charge in [0, 0.05) is 0 Å². The predicted octanol–water partition coefficient (Wildman–Crippen LogP) is 2.65. The Hall–Kier alpha value is -0.700. The van der Waals surface area contributed by atoms with Gasteiger partial charge in [0.2, 0.25) is 0 Å². The zero-order chi connectivity index (χ0) is 9.14. The van der Waals surface area contributed by atoms with Crippen LogP contribution in [0.2, 0.25) is 0 Å². The second-order valence-electron chi connectivity index (χ2n) is 2.27. The molecule has 1 radical (unpaired) electrons. The number of hydrogen-bond donors (Lipinski definition) is 0. The van der Waals surface area contributed by atoms with Crippen LogP contribution in [0.5, 0.6) is 11.5 Å². The molecular weight excluding hydrogens is 220 g/mol. The van der Waals surface area contributed by atoms with Crippen LogP contribution in [0, 0.1) is 6.92 Å². The van der Waals surface area contributed by atoms with Gasteiger partial charge in [0.25, 0.3) is 0 Å². The molecule has 0 saturated carbocycles. The minimum absolute atomic E-state index is 0.685. The molecule has 0 bridgehead atoms. The quantitative estimate of drug-likeness (QED) is 0.777. The van der Waals surface area contributed by atoms with Gasteiger partial charge in [0.05, 0.1) is 18.7 Å². The summed E-state index contributed by atoms with van der Waals surface area (Å²) in [5, 5.41) is 0. The third-order valence-electron chi connectivity index (χ3n) is 1.57. The van der Waals surface area contributed by atoms with Gasteiger partial charge in [-0.05, 0) is 34.5 Å². The highest BCUT2D eigenvalue weighted by Gasteiger charge is 2.09. The summed E-state index contributed by atoms with van der Waals surface area (Å²) < 4.78 is 11.1. The number of ether oxygens (including phenoxy) is 2. The molecule has 0 aliphatic heterocycles. The first-order chi connectivity index (χ1) is 5.70. The van der Waals surface area contributed by atoms with Crippen LogP contribution in [-0.4, -0.2) is 14.2 Å². The molecule has 1 aromatic rings. The van der Waals surface area contributed by atoms with Crippen LogP contribution in [0.3, 0.4) is 0 Å². The Morgan fingerprint density at radius 1 is 1.25 bits per heavy atom. The van der Waals surface area contributed by atoms with Crippen molar-refractivity contribution in [3.63, 3.8) is 0 Å². The molecule has 12 heavy (non-hydrogen) atoms. The number of rotatable bonds is 2. The third-order valence-corrected chi connectivity index (χ3v) is 2.43. The highest BCUT2D eigenvalue weighted by molar-refractivity contribution is 9.10. The van der Waals surface area contributed by atoms with Crippen LogP contribution >= 0.6 is 15.9 Å². The van der Waals surface area contributed by atoms with Crippen LogP contribution < -0.4 is 9.47 Å². The number of methoxy groups -OCH3 is 2. The normalized spacial score (nSPS) is 9.67. The highest BCUT2D eigenvalue weighted by atomic mass is 79.9. The van der Waals surface area contributed by atoms with E-state index in [-0.39, 0.29) is 0 Å². The largest absolute Gasteiger partial charge is 0.493 e. The van der Waals surface area contributed by atoms with Crippen molar-refractivity contribution in [2.45, 2.75) is 0 Å². The van der Waals surface area contributed by atoms with E-state index in [1.54, 1.807) is 14.2 Å². The molecule has 3 heteroatoms. The van der Waals surface area contributed by atoms with Gasteiger partial charge in [-0.3, -0.25) is 0 Å². The maximum Gasteiger partial charge on any atom is 0.175 e. The Balaban J connectivity index is 3.25. The summed E-state index contributed by atoms with van der Waals surface area (Å²) >= 11 is 3.36. The second-order valence-corrected chi connectivity index (χ2v) is 3.07. The smallest absolute Gasteiger partial charge is 0.175 e. The topological polar surface area (TPSA) is 18.5 Å². The lowest BCUT2D eigenvalue weighted by atomic mass is 10.2. The molecule has 0 N–H and O–H groups in total. The Morgan fingerprint density at radius 3 is 2.42 bits per heavy atom. The first-order valence-corrected chi connectivity index (χ1v) is 4.22. The highest BCUT2D eigenvalue weighted by Crippen LogP contribution is 2.36. The van der Waals surface area contributed by atoms with Crippen LogP contribution in [0.15, 0.2) is 16.6 Å². The summed E-state index contributed by atoms with van der Waals surface area (Å²) in [4.78, 5) is 0. The van der Waals surface area contributed by atoms with Gasteiger partial charge in [-0.25, -0.2) is 0 Å². The molecule has 1 rings (SSSR count). The summed E-state index contributed by atoms with van der Waals surface area (Å²) in [5.74, 6) is 1.39. The minimum Gasteiger partial charge on any atom is -0.493 e. The average molecular weight is 230 g/mol. The average Bonchev–Trinajstić information content (AvgIpc) is 2.09. The van der Waals surface area contributed by atoms with E-state index in [9.17, 15) is 0 Å². The first-order valence-electron chi connectivity index (χ1n) is 3.43. The van der Waals surface area contributed by atoms with E-state index in [1.165, 1.54) is 0 Å². The summed E-state index contributed by atoms with van der Waals surface area (Å²) in [6, 6.07) is 3.69. The van der Waals surface area contributed by atoms with Crippen LogP contribution in [0.1, 0.15) is 5.56 Å². The summed E-state index contributed by atoms with van der Waals surface area (Å²) in [6.45, 7) is 3.82. The fourth-order valence-electron chi connectivity index (χ4n) is 0.930. The first kappa shape index (κ1) is 9.39. The van der Waals surface area contributed by atoms with Gasteiger partial charge in [0.15, 0.2) is 11.5 Å². The van der Waals surface area contributed by atoms with Crippen molar-refractivity contribution < 1.29 is 9.47 Å². The van der Waals surface area contributed by atoms with Gasteiger partial charge in [-0.15, -0.1) is 0 Å². The molecule has 2 nitrogen and oxygen atoms in total. The Labute approximate surface area is 80.6 Å². The van der Waals surface area contributed by atoms with E-state index >= 15 is 0 Å². The third kappa shape index (κ3) is 1.55. The van der Waals surface area contributed by atoms with E-state index in [4.69, 9.17) is 9.47 Å². The molecular formula is C9H10BrO2. The maximum absolute atomic E-state index is 5.14. The molecule has 0 aliphatic carbocycles. The molecule has 0 spiro atoms. The zero-order valence-corrected chi connectivity index (χ0v) is 8.64. The SMILES string of the molecule is [CH2]c1ccc(OC)c(OC)c1Br. The molecule has 65 valence electrons. The van der Waals surface area contributed by atoms with Crippen molar-refractivity contribution in [1.29, 1.82) is 0 Å². The molecule has 0 amide bonds. The second kappa shape index (κ2) is 3.81. The molecule has 0 fully saturated rings. The van der Waals surface area contributed by atoms with Gasteiger partial charge in [-0.2, -0.15) is 0 Å². The lowest BCUT2D eigenvalue weighted by molar-refractivity contribution is 0.353. The lowest BCUT2D eigenvalue weighted by Crippen LogP contribution is -1.92. The molecule has 0 aromatic heterocycles. The van der Waals surface area contributed by atoms with Crippen molar-refractivity contribution in [2.75, 3.05) is 14.2 Å². The van der Waals surface area contributed by atoms with Crippen molar-refractivity contribution in [1.82, 2.24) is 0 Å². The number of benzene rings is 1. The fraction of sp³-hybridized carbons (Fsp3) is 0.222. The van der Waals surface area contributed by atoms with E-state index in [0.717, 1.165) is 10.0 Å². The van der Waals surface area contributed by atoms with Crippen LogP contribution in [0.4, 0.5) is 0 Å². The van der Waals surface area contributed by atoms with Crippen molar-refractivity contribution >= 4 is 15.9 Å². The fourth-order valence-corrected chi connectivity index (χ4v) is 1.42. The Kier molecular flexibility index (Phi) is 2.98. The lowest BCUT2D eigenvalue weighted by Gasteiger charge is -2.10. The van der Waals surface area contributed by atoms with Crippen molar-refractivity contribution in [3.05, 3.63) is 29.1 Å². The number of hydrogen-bond acceptors (Lipinski definition) is 2. The minimum atomic E-state index is 0.685. The Morgan fingerprint density at radius 2 is 1.92 bits per heavy atom.